The number of nitrogens with zero attached hydrogens (tertiary/aromatic N) is 1. The van der Waals surface area contributed by atoms with Crippen molar-refractivity contribution in [3.05, 3.63) is 64.5 Å². The molecule has 4 rings (SSSR count). The number of alkyl halides is 2. The van der Waals surface area contributed by atoms with Gasteiger partial charge in [-0.15, -0.1) is 0 Å². The summed E-state index contributed by atoms with van der Waals surface area (Å²) in [6.45, 7) is -0.389. The van der Waals surface area contributed by atoms with Crippen molar-refractivity contribution in [2.24, 2.45) is 0 Å². The SMILES string of the molecule is O=C1NCc2cc(C3CN(Cc4cc(F)cc(OC(F)F)c4)CCO3)ccc21. The number of halogens is 3. The zero-order chi connectivity index (χ0) is 19.7. The number of nitrogens with one attached hydrogen (secondary N) is 1. The summed E-state index contributed by atoms with van der Waals surface area (Å²) in [6.07, 6.45) is -0.180. The summed E-state index contributed by atoms with van der Waals surface area (Å²) in [7, 11) is 0. The Labute approximate surface area is 160 Å². The topological polar surface area (TPSA) is 50.8 Å². The lowest BCUT2D eigenvalue weighted by atomic mass is 10.0. The first-order valence-electron chi connectivity index (χ1n) is 8.97. The standard InChI is InChI=1S/C20H19F3N2O3/c21-15-5-12(6-16(8-15)28-20(22)23)10-25-3-4-27-18(11-25)13-1-2-17-14(7-13)9-24-19(17)26/h1-2,5-8,18,20H,3-4,9-11H2,(H,24,26). The maximum absolute atomic E-state index is 13.7. The largest absolute Gasteiger partial charge is 0.435 e. The smallest absolute Gasteiger partial charge is 0.387 e. The molecule has 1 fully saturated rings. The number of fused-ring (bicyclic) bond motifs is 1. The first-order valence-corrected chi connectivity index (χ1v) is 8.97. The van der Waals surface area contributed by atoms with Gasteiger partial charge in [-0.05, 0) is 34.9 Å². The molecule has 1 N–H and O–H groups in total. The third kappa shape index (κ3) is 4.13. The molecular weight excluding hydrogens is 373 g/mol. The van der Waals surface area contributed by atoms with Crippen molar-refractivity contribution in [1.29, 1.82) is 0 Å². The van der Waals surface area contributed by atoms with E-state index in [-0.39, 0.29) is 17.8 Å². The van der Waals surface area contributed by atoms with Crippen molar-refractivity contribution >= 4 is 5.91 Å². The Balaban J connectivity index is 1.46. The fraction of sp³-hybridized carbons (Fsp3) is 0.350. The molecular formula is C20H19F3N2O3. The van der Waals surface area contributed by atoms with Gasteiger partial charge in [0.15, 0.2) is 0 Å². The van der Waals surface area contributed by atoms with E-state index in [9.17, 15) is 18.0 Å². The van der Waals surface area contributed by atoms with Crippen LogP contribution in [0.15, 0.2) is 36.4 Å². The maximum Gasteiger partial charge on any atom is 0.387 e. The highest BCUT2D eigenvalue weighted by atomic mass is 19.3. The molecule has 8 heteroatoms. The Morgan fingerprint density at radius 2 is 2.11 bits per heavy atom. The molecule has 2 aromatic rings. The average Bonchev–Trinajstić information content (AvgIpc) is 3.01. The number of benzene rings is 2. The van der Waals surface area contributed by atoms with E-state index in [0.717, 1.165) is 17.2 Å². The van der Waals surface area contributed by atoms with Gasteiger partial charge in [-0.3, -0.25) is 9.69 Å². The van der Waals surface area contributed by atoms with Crippen molar-refractivity contribution in [2.75, 3.05) is 19.7 Å². The van der Waals surface area contributed by atoms with Crippen molar-refractivity contribution in [3.8, 4) is 5.75 Å². The number of carbonyl (C=O) groups excluding carboxylic acids is 1. The summed E-state index contributed by atoms with van der Waals surface area (Å²) >= 11 is 0. The molecule has 1 amide bonds. The van der Waals surface area contributed by atoms with E-state index in [4.69, 9.17) is 4.74 Å². The van der Waals surface area contributed by atoms with Crippen LogP contribution in [0.25, 0.3) is 0 Å². The zero-order valence-corrected chi connectivity index (χ0v) is 15.0. The Bertz CT molecular complexity index is 891. The molecule has 0 aromatic heterocycles. The lowest BCUT2D eigenvalue weighted by Gasteiger charge is -2.33. The van der Waals surface area contributed by atoms with Gasteiger partial charge in [0.2, 0.25) is 0 Å². The van der Waals surface area contributed by atoms with Gasteiger partial charge in [0.25, 0.3) is 5.91 Å². The molecule has 5 nitrogen and oxygen atoms in total. The minimum Gasteiger partial charge on any atom is -0.435 e. The van der Waals surface area contributed by atoms with Gasteiger partial charge in [0.1, 0.15) is 11.6 Å². The van der Waals surface area contributed by atoms with Crippen molar-refractivity contribution in [1.82, 2.24) is 10.2 Å². The summed E-state index contributed by atoms with van der Waals surface area (Å²) in [4.78, 5) is 13.8. The molecule has 0 spiro atoms. The molecule has 1 atom stereocenters. The van der Waals surface area contributed by atoms with Crippen LogP contribution in [0.1, 0.15) is 33.2 Å². The molecule has 0 aliphatic carbocycles. The van der Waals surface area contributed by atoms with E-state index >= 15 is 0 Å². The van der Waals surface area contributed by atoms with E-state index in [1.165, 1.54) is 12.1 Å². The van der Waals surface area contributed by atoms with Gasteiger partial charge >= 0.3 is 6.61 Å². The minimum absolute atomic E-state index is 0.0688. The predicted octanol–water partition coefficient (Wildman–Crippen LogP) is 3.24. The van der Waals surface area contributed by atoms with E-state index in [1.54, 1.807) is 6.07 Å². The lowest BCUT2D eigenvalue weighted by molar-refractivity contribution is -0.0501. The van der Waals surface area contributed by atoms with Crippen molar-refractivity contribution in [2.45, 2.75) is 25.8 Å². The zero-order valence-electron chi connectivity index (χ0n) is 15.0. The predicted molar refractivity (Wildman–Crippen MR) is 94.6 cm³/mol. The van der Waals surface area contributed by atoms with Crippen LogP contribution in [-0.4, -0.2) is 37.1 Å². The molecule has 2 aliphatic rings. The normalized spacial score (nSPS) is 19.6. The summed E-state index contributed by atoms with van der Waals surface area (Å²) in [5.74, 6) is -0.875. The molecule has 0 saturated carbocycles. The summed E-state index contributed by atoms with van der Waals surface area (Å²) in [5.41, 5.74) is 3.16. The Kier molecular flexibility index (Phi) is 5.23. The second kappa shape index (κ2) is 7.81. The monoisotopic (exact) mass is 392 g/mol. The third-order valence-corrected chi connectivity index (χ3v) is 4.90. The minimum atomic E-state index is -3.00. The van der Waals surface area contributed by atoms with Gasteiger partial charge in [-0.2, -0.15) is 8.78 Å². The van der Waals surface area contributed by atoms with E-state index < -0.39 is 12.4 Å². The van der Waals surface area contributed by atoms with Crippen LogP contribution in [0.2, 0.25) is 0 Å². The number of carbonyl (C=O) groups is 1. The molecule has 0 radical (unpaired) electrons. The highest BCUT2D eigenvalue weighted by Crippen LogP contribution is 2.28. The Hall–Kier alpha value is -2.58. The van der Waals surface area contributed by atoms with Gasteiger partial charge < -0.3 is 14.8 Å². The number of hydrogen-bond donors (Lipinski definition) is 1. The summed E-state index contributed by atoms with van der Waals surface area (Å²) in [6, 6.07) is 9.34. The van der Waals surface area contributed by atoms with Crippen LogP contribution in [0.4, 0.5) is 13.2 Å². The highest BCUT2D eigenvalue weighted by molar-refractivity contribution is 5.98. The average molecular weight is 392 g/mol. The second-order valence-corrected chi connectivity index (χ2v) is 6.87. The number of ether oxygens (including phenoxy) is 2. The van der Waals surface area contributed by atoms with Crippen LogP contribution in [0.5, 0.6) is 5.75 Å². The molecule has 28 heavy (non-hydrogen) atoms. The van der Waals surface area contributed by atoms with Crippen LogP contribution in [-0.2, 0) is 17.8 Å². The van der Waals surface area contributed by atoms with Crippen LogP contribution in [0.3, 0.4) is 0 Å². The maximum atomic E-state index is 13.7. The number of hydrogen-bond acceptors (Lipinski definition) is 4. The summed E-state index contributed by atoms with van der Waals surface area (Å²) < 4.78 is 48.7. The summed E-state index contributed by atoms with van der Waals surface area (Å²) in [5, 5.41) is 2.79. The van der Waals surface area contributed by atoms with Crippen LogP contribution >= 0.6 is 0 Å². The number of amides is 1. The van der Waals surface area contributed by atoms with Gasteiger partial charge in [-0.1, -0.05) is 12.1 Å². The first-order chi connectivity index (χ1) is 13.5. The molecule has 2 aromatic carbocycles. The lowest BCUT2D eigenvalue weighted by Crippen LogP contribution is -2.37. The molecule has 2 heterocycles. The van der Waals surface area contributed by atoms with E-state index in [1.807, 2.05) is 12.1 Å². The molecule has 1 saturated heterocycles. The molecule has 1 unspecified atom stereocenters. The van der Waals surface area contributed by atoms with Gasteiger partial charge in [0, 0.05) is 37.8 Å². The highest BCUT2D eigenvalue weighted by Gasteiger charge is 2.25. The number of rotatable bonds is 5. The number of morpholine rings is 1. The van der Waals surface area contributed by atoms with Crippen molar-refractivity contribution < 1.29 is 27.4 Å². The first kappa shape index (κ1) is 18.8. The fourth-order valence-corrected chi connectivity index (χ4v) is 3.64. The van der Waals surface area contributed by atoms with E-state index in [2.05, 4.69) is 15.0 Å². The molecule has 0 bridgehead atoms. The fourth-order valence-electron chi connectivity index (χ4n) is 3.64. The molecule has 2 aliphatic heterocycles. The van der Waals surface area contributed by atoms with E-state index in [0.29, 0.717) is 43.9 Å². The Morgan fingerprint density at radius 1 is 1.25 bits per heavy atom. The second-order valence-electron chi connectivity index (χ2n) is 6.87. The van der Waals surface area contributed by atoms with Gasteiger partial charge in [0.05, 0.1) is 12.7 Å². The van der Waals surface area contributed by atoms with Gasteiger partial charge in [-0.25, -0.2) is 4.39 Å². The van der Waals surface area contributed by atoms with Crippen molar-refractivity contribution in [3.63, 3.8) is 0 Å². The quantitative estimate of drug-likeness (QED) is 0.849. The molecule has 148 valence electrons. The third-order valence-electron chi connectivity index (χ3n) is 4.90. The van der Waals surface area contributed by atoms with Crippen LogP contribution < -0.4 is 10.1 Å². The van der Waals surface area contributed by atoms with Crippen LogP contribution in [0, 0.1) is 5.82 Å². The Morgan fingerprint density at radius 3 is 2.93 bits per heavy atom.